The summed E-state index contributed by atoms with van der Waals surface area (Å²) in [6.07, 6.45) is 4.07. The van der Waals surface area contributed by atoms with E-state index in [9.17, 15) is 4.79 Å². The Morgan fingerprint density at radius 1 is 1.48 bits per heavy atom. The van der Waals surface area contributed by atoms with Gasteiger partial charge in [0.2, 0.25) is 0 Å². The lowest BCUT2D eigenvalue weighted by atomic mass is 10.1. The van der Waals surface area contributed by atoms with E-state index in [2.05, 4.69) is 27.1 Å². The molecule has 5 nitrogen and oxygen atoms in total. The standard InChI is InChI=1S/C15H15ClN4O/c16-13-10-12(4-3-11(13)2-1-6-17)15(21)20-7-5-14-18-8-9-19-14/h3-4,8-10H,5-7,17H2,(H,18,19)(H,20,21). The van der Waals surface area contributed by atoms with Crippen molar-refractivity contribution in [2.24, 2.45) is 5.73 Å². The zero-order chi connectivity index (χ0) is 15.1. The van der Waals surface area contributed by atoms with Crippen molar-refractivity contribution < 1.29 is 4.79 Å². The SMILES string of the molecule is NCC#Cc1ccc(C(=O)NCCc2ncc[nH]2)cc1Cl. The number of amides is 1. The van der Waals surface area contributed by atoms with Gasteiger partial charge < -0.3 is 16.0 Å². The smallest absolute Gasteiger partial charge is 0.251 e. The van der Waals surface area contributed by atoms with Gasteiger partial charge in [-0.05, 0) is 18.2 Å². The average molecular weight is 303 g/mol. The Morgan fingerprint density at radius 3 is 3.00 bits per heavy atom. The van der Waals surface area contributed by atoms with Gasteiger partial charge in [-0.15, -0.1) is 0 Å². The van der Waals surface area contributed by atoms with Crippen molar-refractivity contribution in [2.45, 2.75) is 6.42 Å². The van der Waals surface area contributed by atoms with Crippen LogP contribution in [0.5, 0.6) is 0 Å². The number of imidazole rings is 1. The first kappa shape index (κ1) is 15.1. The summed E-state index contributed by atoms with van der Waals surface area (Å²) in [5.41, 5.74) is 6.47. The Morgan fingerprint density at radius 2 is 2.33 bits per heavy atom. The number of aromatic amines is 1. The van der Waals surface area contributed by atoms with E-state index in [1.807, 2.05) is 0 Å². The Labute approximate surface area is 127 Å². The van der Waals surface area contributed by atoms with Crippen LogP contribution < -0.4 is 11.1 Å². The number of halogens is 1. The van der Waals surface area contributed by atoms with Gasteiger partial charge in [0.1, 0.15) is 5.82 Å². The van der Waals surface area contributed by atoms with Gasteiger partial charge in [-0.25, -0.2) is 4.98 Å². The Kier molecular flexibility index (Phi) is 5.38. The maximum absolute atomic E-state index is 12.0. The highest BCUT2D eigenvalue weighted by atomic mass is 35.5. The molecule has 1 aromatic heterocycles. The van der Waals surface area contributed by atoms with E-state index >= 15 is 0 Å². The first-order chi connectivity index (χ1) is 10.2. The number of benzene rings is 1. The topological polar surface area (TPSA) is 83.8 Å². The molecule has 2 rings (SSSR count). The zero-order valence-electron chi connectivity index (χ0n) is 11.3. The lowest BCUT2D eigenvalue weighted by Gasteiger charge is -2.05. The van der Waals surface area contributed by atoms with Crippen molar-refractivity contribution in [3.63, 3.8) is 0 Å². The van der Waals surface area contributed by atoms with Gasteiger partial charge in [0.25, 0.3) is 5.91 Å². The number of rotatable bonds is 4. The highest BCUT2D eigenvalue weighted by Crippen LogP contribution is 2.17. The van der Waals surface area contributed by atoms with Crippen LogP contribution in [0, 0.1) is 11.8 Å². The summed E-state index contributed by atoms with van der Waals surface area (Å²) in [7, 11) is 0. The molecular formula is C15H15ClN4O. The second-order valence-electron chi connectivity index (χ2n) is 4.24. The average Bonchev–Trinajstić information content (AvgIpc) is 2.99. The Bertz CT molecular complexity index is 671. The molecule has 0 fully saturated rings. The van der Waals surface area contributed by atoms with Crippen LogP contribution in [0.15, 0.2) is 30.6 Å². The molecule has 0 atom stereocenters. The second kappa shape index (κ2) is 7.48. The van der Waals surface area contributed by atoms with Crippen LogP contribution in [-0.2, 0) is 6.42 Å². The number of hydrogen-bond acceptors (Lipinski definition) is 3. The number of aromatic nitrogens is 2. The number of nitrogens with one attached hydrogen (secondary N) is 2. The second-order valence-corrected chi connectivity index (χ2v) is 4.65. The molecule has 2 aromatic rings. The molecule has 1 heterocycles. The highest BCUT2D eigenvalue weighted by molar-refractivity contribution is 6.32. The van der Waals surface area contributed by atoms with Gasteiger partial charge >= 0.3 is 0 Å². The van der Waals surface area contributed by atoms with Crippen LogP contribution >= 0.6 is 11.6 Å². The molecule has 0 bridgehead atoms. The van der Waals surface area contributed by atoms with E-state index in [-0.39, 0.29) is 12.5 Å². The van der Waals surface area contributed by atoms with Gasteiger partial charge in [0.05, 0.1) is 11.6 Å². The van der Waals surface area contributed by atoms with Crippen LogP contribution in [-0.4, -0.2) is 29.0 Å². The summed E-state index contributed by atoms with van der Waals surface area (Å²) in [4.78, 5) is 19.1. The third-order valence-electron chi connectivity index (χ3n) is 2.76. The van der Waals surface area contributed by atoms with Gasteiger partial charge in [-0.3, -0.25) is 4.79 Å². The molecule has 1 aromatic carbocycles. The van der Waals surface area contributed by atoms with Crippen LogP contribution in [0.1, 0.15) is 21.7 Å². The van der Waals surface area contributed by atoms with Crippen molar-refractivity contribution in [2.75, 3.05) is 13.1 Å². The number of carbonyl (C=O) groups excluding carboxylic acids is 1. The predicted molar refractivity (Wildman–Crippen MR) is 82.0 cm³/mol. The fraction of sp³-hybridized carbons (Fsp3) is 0.200. The fourth-order valence-electron chi connectivity index (χ4n) is 1.74. The van der Waals surface area contributed by atoms with E-state index in [4.69, 9.17) is 17.3 Å². The van der Waals surface area contributed by atoms with Gasteiger partial charge in [-0.1, -0.05) is 23.4 Å². The summed E-state index contributed by atoms with van der Waals surface area (Å²) in [6.45, 7) is 0.768. The molecule has 0 aliphatic heterocycles. The van der Waals surface area contributed by atoms with Crippen molar-refractivity contribution in [1.82, 2.24) is 15.3 Å². The Hall–Kier alpha value is -2.29. The minimum atomic E-state index is -0.179. The molecule has 0 unspecified atom stereocenters. The van der Waals surface area contributed by atoms with Gasteiger partial charge in [-0.2, -0.15) is 0 Å². The van der Waals surface area contributed by atoms with Crippen molar-refractivity contribution in [1.29, 1.82) is 0 Å². The minimum Gasteiger partial charge on any atom is -0.352 e. The molecule has 1 amide bonds. The molecule has 0 saturated heterocycles. The molecule has 108 valence electrons. The molecule has 4 N–H and O–H groups in total. The number of nitrogens with zero attached hydrogens (tertiary/aromatic N) is 1. The van der Waals surface area contributed by atoms with Crippen LogP contribution in [0.2, 0.25) is 5.02 Å². The molecule has 6 heteroatoms. The van der Waals surface area contributed by atoms with E-state index < -0.39 is 0 Å². The van der Waals surface area contributed by atoms with Crippen LogP contribution in [0.4, 0.5) is 0 Å². The summed E-state index contributed by atoms with van der Waals surface area (Å²) >= 11 is 6.09. The van der Waals surface area contributed by atoms with Crippen LogP contribution in [0.3, 0.4) is 0 Å². The molecule has 0 radical (unpaired) electrons. The maximum Gasteiger partial charge on any atom is 0.251 e. The lowest BCUT2D eigenvalue weighted by Crippen LogP contribution is -2.25. The van der Waals surface area contributed by atoms with Crippen molar-refractivity contribution in [3.8, 4) is 11.8 Å². The molecule has 0 aliphatic carbocycles. The Balaban J connectivity index is 1.94. The fourth-order valence-corrected chi connectivity index (χ4v) is 1.96. The monoisotopic (exact) mass is 302 g/mol. The lowest BCUT2D eigenvalue weighted by molar-refractivity contribution is 0.0954. The predicted octanol–water partition coefficient (Wildman–Crippen LogP) is 1.35. The molecule has 21 heavy (non-hydrogen) atoms. The van der Waals surface area contributed by atoms with E-state index in [1.165, 1.54) is 0 Å². The van der Waals surface area contributed by atoms with Crippen LogP contribution in [0.25, 0.3) is 0 Å². The molecule has 0 aliphatic rings. The van der Waals surface area contributed by atoms with E-state index in [1.54, 1.807) is 30.6 Å². The number of carbonyl (C=O) groups is 1. The number of hydrogen-bond donors (Lipinski definition) is 3. The number of nitrogens with two attached hydrogens (primary N) is 1. The highest BCUT2D eigenvalue weighted by Gasteiger charge is 2.07. The number of H-pyrrole nitrogens is 1. The van der Waals surface area contributed by atoms with Gasteiger partial charge in [0.15, 0.2) is 0 Å². The summed E-state index contributed by atoms with van der Waals surface area (Å²) in [5.74, 6) is 6.23. The third-order valence-corrected chi connectivity index (χ3v) is 3.07. The summed E-state index contributed by atoms with van der Waals surface area (Å²) < 4.78 is 0. The third kappa shape index (κ3) is 4.35. The van der Waals surface area contributed by atoms with Crippen molar-refractivity contribution >= 4 is 17.5 Å². The first-order valence-corrected chi connectivity index (χ1v) is 6.83. The van der Waals surface area contributed by atoms with Gasteiger partial charge in [0, 0.05) is 36.5 Å². The minimum absolute atomic E-state index is 0.179. The quantitative estimate of drug-likeness (QED) is 0.745. The zero-order valence-corrected chi connectivity index (χ0v) is 12.1. The molecule has 0 spiro atoms. The molecule has 0 saturated carbocycles. The maximum atomic E-state index is 12.0. The van der Waals surface area contributed by atoms with Crippen molar-refractivity contribution in [3.05, 3.63) is 52.6 Å². The normalized spacial score (nSPS) is 9.81. The summed E-state index contributed by atoms with van der Waals surface area (Å²) in [6, 6.07) is 5.01. The molecular weight excluding hydrogens is 288 g/mol. The van der Waals surface area contributed by atoms with E-state index in [0.29, 0.717) is 29.1 Å². The first-order valence-electron chi connectivity index (χ1n) is 6.45. The van der Waals surface area contributed by atoms with E-state index in [0.717, 1.165) is 5.82 Å². The largest absolute Gasteiger partial charge is 0.352 e. The summed E-state index contributed by atoms with van der Waals surface area (Å²) in [5, 5.41) is 3.25.